The van der Waals surface area contributed by atoms with E-state index in [1.54, 1.807) is 11.0 Å². The van der Waals surface area contributed by atoms with Crippen LogP contribution in [0.1, 0.15) is 32.3 Å². The molecule has 2 heterocycles. The normalized spacial score (nSPS) is 26.8. The Morgan fingerprint density at radius 1 is 1.36 bits per heavy atom. The Morgan fingerprint density at radius 3 is 2.76 bits per heavy atom. The molecule has 25 heavy (non-hydrogen) atoms. The minimum Gasteiger partial charge on any atom is -0.341 e. The van der Waals surface area contributed by atoms with E-state index in [9.17, 15) is 18.8 Å². The predicted molar refractivity (Wildman–Crippen MR) is 89.0 cm³/mol. The lowest BCUT2D eigenvalue weighted by molar-refractivity contribution is -0.139. The molecule has 1 aromatic carbocycles. The van der Waals surface area contributed by atoms with Crippen LogP contribution in [0, 0.1) is 11.7 Å². The van der Waals surface area contributed by atoms with Crippen molar-refractivity contribution in [2.45, 2.75) is 32.2 Å². The number of nitrogens with one attached hydrogen (secondary N) is 1. The lowest BCUT2D eigenvalue weighted by Crippen LogP contribution is -2.47. The molecule has 0 spiro atoms. The van der Waals surface area contributed by atoms with Crippen molar-refractivity contribution >= 4 is 17.8 Å². The third-order valence-corrected chi connectivity index (χ3v) is 4.99. The number of carbonyl (C=O) groups is 3. The molecule has 0 unspecified atom stereocenters. The van der Waals surface area contributed by atoms with Gasteiger partial charge in [-0.2, -0.15) is 0 Å². The van der Waals surface area contributed by atoms with Gasteiger partial charge in [0.05, 0.1) is 0 Å². The van der Waals surface area contributed by atoms with Crippen LogP contribution in [-0.2, 0) is 15.1 Å². The number of urea groups is 1. The molecule has 3 rings (SSSR count). The summed E-state index contributed by atoms with van der Waals surface area (Å²) in [5.74, 6) is -1.03. The Balaban J connectivity index is 1.78. The van der Waals surface area contributed by atoms with Crippen LogP contribution in [0.4, 0.5) is 9.18 Å². The van der Waals surface area contributed by atoms with E-state index in [4.69, 9.17) is 0 Å². The van der Waals surface area contributed by atoms with Crippen LogP contribution in [-0.4, -0.2) is 47.3 Å². The third kappa shape index (κ3) is 3.10. The molecule has 2 aliphatic rings. The van der Waals surface area contributed by atoms with Crippen molar-refractivity contribution in [3.05, 3.63) is 35.6 Å². The number of piperidine rings is 1. The van der Waals surface area contributed by atoms with Crippen LogP contribution in [0.2, 0.25) is 0 Å². The highest BCUT2D eigenvalue weighted by Crippen LogP contribution is 2.30. The summed E-state index contributed by atoms with van der Waals surface area (Å²) < 4.78 is 14.1. The van der Waals surface area contributed by atoms with Crippen molar-refractivity contribution < 1.29 is 18.8 Å². The second kappa shape index (κ2) is 6.46. The standard InChI is InChI=1S/C18H22FN3O3/c1-12-6-5-9-21(10-12)15(23)11-22-16(24)18(2,20-17(22)25)13-7-3-4-8-14(13)19/h3-4,7-8,12H,5-6,9-11H2,1-2H3,(H,20,25)/t12-,18+/m0/s1. The van der Waals surface area contributed by atoms with Gasteiger partial charge in [-0.3, -0.25) is 14.5 Å². The molecule has 0 saturated carbocycles. The molecule has 0 radical (unpaired) electrons. The number of amides is 4. The largest absolute Gasteiger partial charge is 0.341 e. The van der Waals surface area contributed by atoms with E-state index in [1.165, 1.54) is 25.1 Å². The fourth-order valence-corrected chi connectivity index (χ4v) is 3.54. The van der Waals surface area contributed by atoms with Gasteiger partial charge in [0.15, 0.2) is 0 Å². The average molecular weight is 347 g/mol. The summed E-state index contributed by atoms with van der Waals surface area (Å²) in [7, 11) is 0. The van der Waals surface area contributed by atoms with Gasteiger partial charge in [0.25, 0.3) is 5.91 Å². The first kappa shape index (κ1) is 17.4. The molecule has 0 aromatic heterocycles. The quantitative estimate of drug-likeness (QED) is 0.849. The van der Waals surface area contributed by atoms with Crippen LogP contribution < -0.4 is 5.32 Å². The third-order valence-electron chi connectivity index (χ3n) is 4.99. The van der Waals surface area contributed by atoms with Gasteiger partial charge in [0, 0.05) is 18.7 Å². The minimum atomic E-state index is -1.50. The van der Waals surface area contributed by atoms with Gasteiger partial charge in [0.2, 0.25) is 5.91 Å². The number of benzene rings is 1. The summed E-state index contributed by atoms with van der Waals surface area (Å²) in [5.41, 5.74) is -1.41. The number of hydrogen-bond donors (Lipinski definition) is 1. The maximum Gasteiger partial charge on any atom is 0.325 e. The van der Waals surface area contributed by atoms with E-state index in [-0.39, 0.29) is 18.0 Å². The summed E-state index contributed by atoms with van der Waals surface area (Å²) in [5, 5.41) is 2.53. The topological polar surface area (TPSA) is 69.7 Å². The first-order valence-electron chi connectivity index (χ1n) is 8.50. The highest BCUT2D eigenvalue weighted by molar-refractivity contribution is 6.09. The van der Waals surface area contributed by atoms with Gasteiger partial charge < -0.3 is 10.2 Å². The van der Waals surface area contributed by atoms with E-state index in [0.29, 0.717) is 19.0 Å². The highest BCUT2D eigenvalue weighted by atomic mass is 19.1. The van der Waals surface area contributed by atoms with Gasteiger partial charge in [-0.05, 0) is 31.7 Å². The van der Waals surface area contributed by atoms with E-state index in [2.05, 4.69) is 12.2 Å². The maximum absolute atomic E-state index is 14.1. The van der Waals surface area contributed by atoms with Gasteiger partial charge in [-0.1, -0.05) is 25.1 Å². The summed E-state index contributed by atoms with van der Waals surface area (Å²) >= 11 is 0. The Kier molecular flexibility index (Phi) is 4.49. The molecule has 0 aliphatic carbocycles. The van der Waals surface area contributed by atoms with Crippen molar-refractivity contribution in [3.63, 3.8) is 0 Å². The molecular formula is C18H22FN3O3. The zero-order valence-electron chi connectivity index (χ0n) is 14.4. The van der Waals surface area contributed by atoms with Crippen molar-refractivity contribution in [2.24, 2.45) is 5.92 Å². The van der Waals surface area contributed by atoms with Crippen LogP contribution in [0.3, 0.4) is 0 Å². The second-order valence-electron chi connectivity index (χ2n) is 7.01. The molecule has 7 heteroatoms. The van der Waals surface area contributed by atoms with Gasteiger partial charge in [-0.15, -0.1) is 0 Å². The maximum atomic E-state index is 14.1. The Labute approximate surface area is 146 Å². The minimum absolute atomic E-state index is 0.0925. The molecule has 1 N–H and O–H groups in total. The van der Waals surface area contributed by atoms with Crippen LogP contribution in [0.25, 0.3) is 0 Å². The van der Waals surface area contributed by atoms with Crippen molar-refractivity contribution in [3.8, 4) is 0 Å². The molecule has 1 aromatic rings. The fraction of sp³-hybridized carbons (Fsp3) is 0.500. The first-order valence-corrected chi connectivity index (χ1v) is 8.50. The second-order valence-corrected chi connectivity index (χ2v) is 7.01. The number of carbonyl (C=O) groups excluding carboxylic acids is 3. The number of halogens is 1. The lowest BCUT2D eigenvalue weighted by Gasteiger charge is -2.31. The molecular weight excluding hydrogens is 325 g/mol. The summed E-state index contributed by atoms with van der Waals surface area (Å²) in [6.07, 6.45) is 1.98. The number of likely N-dealkylation sites (tertiary alicyclic amines) is 1. The summed E-state index contributed by atoms with van der Waals surface area (Å²) in [4.78, 5) is 40.1. The molecule has 2 aliphatic heterocycles. The zero-order valence-corrected chi connectivity index (χ0v) is 14.4. The number of nitrogens with zero attached hydrogens (tertiary/aromatic N) is 2. The van der Waals surface area contributed by atoms with E-state index in [1.807, 2.05) is 0 Å². The molecule has 2 fully saturated rings. The predicted octanol–water partition coefficient (Wildman–Crippen LogP) is 1.85. The zero-order chi connectivity index (χ0) is 18.2. The number of rotatable bonds is 3. The number of imide groups is 1. The van der Waals surface area contributed by atoms with Crippen molar-refractivity contribution in [2.75, 3.05) is 19.6 Å². The van der Waals surface area contributed by atoms with Gasteiger partial charge >= 0.3 is 6.03 Å². The van der Waals surface area contributed by atoms with E-state index >= 15 is 0 Å². The Bertz CT molecular complexity index is 723. The highest BCUT2D eigenvalue weighted by Gasteiger charge is 2.50. The Morgan fingerprint density at radius 2 is 2.08 bits per heavy atom. The molecule has 2 saturated heterocycles. The summed E-state index contributed by atoms with van der Waals surface area (Å²) in [6.45, 7) is 4.48. The lowest BCUT2D eigenvalue weighted by atomic mass is 9.91. The molecule has 6 nitrogen and oxygen atoms in total. The SMILES string of the molecule is C[C@H]1CCCN(C(=O)CN2C(=O)N[C@](C)(c3ccccc3F)C2=O)C1. The van der Waals surface area contributed by atoms with E-state index in [0.717, 1.165) is 17.7 Å². The summed E-state index contributed by atoms with van der Waals surface area (Å²) in [6, 6.07) is 5.15. The molecule has 2 atom stereocenters. The Hall–Kier alpha value is -2.44. The van der Waals surface area contributed by atoms with Crippen LogP contribution in [0.15, 0.2) is 24.3 Å². The smallest absolute Gasteiger partial charge is 0.325 e. The molecule has 4 amide bonds. The first-order chi connectivity index (χ1) is 11.8. The van der Waals surface area contributed by atoms with Crippen LogP contribution >= 0.6 is 0 Å². The van der Waals surface area contributed by atoms with Gasteiger partial charge in [0.1, 0.15) is 17.9 Å². The van der Waals surface area contributed by atoms with Crippen molar-refractivity contribution in [1.29, 1.82) is 0 Å². The van der Waals surface area contributed by atoms with Crippen LogP contribution in [0.5, 0.6) is 0 Å². The number of hydrogen-bond acceptors (Lipinski definition) is 3. The van der Waals surface area contributed by atoms with Gasteiger partial charge in [-0.25, -0.2) is 9.18 Å². The van der Waals surface area contributed by atoms with Crippen molar-refractivity contribution in [1.82, 2.24) is 15.1 Å². The van der Waals surface area contributed by atoms with E-state index < -0.39 is 23.3 Å². The molecule has 0 bridgehead atoms. The average Bonchev–Trinajstić information content (AvgIpc) is 2.79. The monoisotopic (exact) mass is 347 g/mol. The fourth-order valence-electron chi connectivity index (χ4n) is 3.54. The molecule has 134 valence electrons.